The predicted octanol–water partition coefficient (Wildman–Crippen LogP) is 7.11. The third kappa shape index (κ3) is 8.31. The summed E-state index contributed by atoms with van der Waals surface area (Å²) in [6.07, 6.45) is 4.86. The fraction of sp³-hybridized carbons (Fsp3) is 0.923. The highest BCUT2D eigenvalue weighted by molar-refractivity contribution is 5.43. The number of ether oxygens (including phenoxy) is 1. The van der Waals surface area contributed by atoms with Gasteiger partial charge < -0.3 is 35.8 Å². The highest BCUT2D eigenvalue weighted by Crippen LogP contribution is 2.46. The number of aromatic nitrogens is 3. The van der Waals surface area contributed by atoms with Crippen LogP contribution in [0.25, 0.3) is 0 Å². The van der Waals surface area contributed by atoms with E-state index >= 15 is 0 Å². The lowest BCUT2D eigenvalue weighted by molar-refractivity contribution is -0.255. The average Bonchev–Trinajstić information content (AvgIpc) is 2.95. The molecule has 0 bridgehead atoms. The number of hydroxylamine groups is 8. The maximum absolute atomic E-state index is 11.4. The van der Waals surface area contributed by atoms with Crippen LogP contribution >= 0.6 is 0 Å². The third-order valence-electron chi connectivity index (χ3n) is 12.7. The van der Waals surface area contributed by atoms with Crippen molar-refractivity contribution in [2.45, 2.75) is 231 Å². The number of nitrogens with one attached hydrogen (secondary N) is 1. The van der Waals surface area contributed by atoms with Crippen LogP contribution in [0.2, 0.25) is 0 Å². The standard InChI is InChI=1S/C39H73N9O5/c1-32(2)17-25(18-33(3,4)45(32)49)40-29-41-30(43-31(42-29)53-28-23-38(13,14)48(52)39(15,16)24-28)44(26-19-34(5,6)46(50)35(7,8)20-26)27-21-36(9,10)47(51)37(11,12)22-27/h25-28,49-52H,17-24H2,1-16H3,(H,40,41,42,43). The molecule has 53 heavy (non-hydrogen) atoms. The minimum atomic E-state index is -0.536. The van der Waals surface area contributed by atoms with E-state index in [0.717, 1.165) is 0 Å². The Bertz CT molecular complexity index is 1320. The molecule has 0 amide bonds. The van der Waals surface area contributed by atoms with Gasteiger partial charge in [-0.05, 0) is 149 Å². The normalized spacial score (nSPS) is 29.5. The molecule has 0 aliphatic carbocycles. The van der Waals surface area contributed by atoms with Crippen molar-refractivity contribution in [1.82, 2.24) is 35.2 Å². The van der Waals surface area contributed by atoms with E-state index in [4.69, 9.17) is 19.7 Å². The lowest BCUT2D eigenvalue weighted by atomic mass is 9.75. The van der Waals surface area contributed by atoms with Gasteiger partial charge in [-0.3, -0.25) is 0 Å². The van der Waals surface area contributed by atoms with Gasteiger partial charge in [0.25, 0.3) is 0 Å². The van der Waals surface area contributed by atoms with Gasteiger partial charge >= 0.3 is 6.01 Å². The van der Waals surface area contributed by atoms with Crippen molar-refractivity contribution < 1.29 is 25.6 Å². The summed E-state index contributed by atoms with van der Waals surface area (Å²) in [7, 11) is 0. The summed E-state index contributed by atoms with van der Waals surface area (Å²) in [6, 6.07) is 0.0694. The second-order valence-corrected chi connectivity index (χ2v) is 21.9. The Kier molecular flexibility index (Phi) is 10.6. The fourth-order valence-electron chi connectivity index (χ4n) is 11.0. The highest BCUT2D eigenvalue weighted by Gasteiger charge is 2.53. The molecule has 5 rings (SSSR count). The molecule has 0 saturated carbocycles. The molecule has 0 spiro atoms. The molecule has 14 heteroatoms. The Morgan fingerprint density at radius 1 is 0.491 bits per heavy atom. The fourth-order valence-corrected chi connectivity index (χ4v) is 11.0. The van der Waals surface area contributed by atoms with Gasteiger partial charge in [0.1, 0.15) is 6.10 Å². The monoisotopic (exact) mass is 748 g/mol. The van der Waals surface area contributed by atoms with Crippen LogP contribution in [0.3, 0.4) is 0 Å². The molecule has 4 fully saturated rings. The predicted molar refractivity (Wildman–Crippen MR) is 206 cm³/mol. The summed E-state index contributed by atoms with van der Waals surface area (Å²) in [5.41, 5.74) is -4.18. The summed E-state index contributed by atoms with van der Waals surface area (Å²) in [5, 5.41) is 54.4. The first-order chi connectivity index (χ1) is 23.8. The summed E-state index contributed by atoms with van der Waals surface area (Å²) < 4.78 is 6.76. The van der Waals surface area contributed by atoms with Crippen LogP contribution in [0.1, 0.15) is 162 Å². The van der Waals surface area contributed by atoms with Gasteiger partial charge in [0.15, 0.2) is 0 Å². The molecule has 1 aromatic heterocycles. The van der Waals surface area contributed by atoms with Crippen LogP contribution in [-0.4, -0.2) is 125 Å². The molecule has 5 N–H and O–H groups in total. The molecule has 0 atom stereocenters. The number of hydrogen-bond donors (Lipinski definition) is 5. The maximum atomic E-state index is 11.4. The summed E-state index contributed by atoms with van der Waals surface area (Å²) >= 11 is 0. The zero-order valence-corrected chi connectivity index (χ0v) is 35.7. The van der Waals surface area contributed by atoms with Crippen molar-refractivity contribution in [3.63, 3.8) is 0 Å². The van der Waals surface area contributed by atoms with Gasteiger partial charge in [0.05, 0.1) is 0 Å². The first kappa shape index (κ1) is 42.2. The number of rotatable bonds is 7. The van der Waals surface area contributed by atoms with E-state index in [0.29, 0.717) is 63.3 Å². The van der Waals surface area contributed by atoms with Crippen molar-refractivity contribution in [3.8, 4) is 6.01 Å². The van der Waals surface area contributed by atoms with Crippen LogP contribution in [-0.2, 0) is 0 Å². The molecule has 5 heterocycles. The van der Waals surface area contributed by atoms with Gasteiger partial charge in [0.2, 0.25) is 11.9 Å². The van der Waals surface area contributed by atoms with E-state index in [9.17, 15) is 20.8 Å². The number of hydrogen-bond acceptors (Lipinski definition) is 14. The number of anilines is 2. The van der Waals surface area contributed by atoms with E-state index in [2.05, 4.69) is 65.6 Å². The number of piperidine rings is 4. The second-order valence-electron chi connectivity index (χ2n) is 21.9. The van der Waals surface area contributed by atoms with Gasteiger partial charge in [-0.25, -0.2) is 0 Å². The molecular weight excluding hydrogens is 674 g/mol. The van der Waals surface area contributed by atoms with Gasteiger partial charge in [0, 0.05) is 75.3 Å². The molecule has 4 aliphatic rings. The molecule has 0 unspecified atom stereocenters. The van der Waals surface area contributed by atoms with E-state index in [1.807, 2.05) is 55.4 Å². The van der Waals surface area contributed by atoms with E-state index in [1.54, 1.807) is 0 Å². The Labute approximate surface area is 319 Å². The first-order valence-corrected chi connectivity index (χ1v) is 19.7. The molecule has 14 nitrogen and oxygen atoms in total. The van der Waals surface area contributed by atoms with Crippen molar-refractivity contribution in [2.75, 3.05) is 10.2 Å². The van der Waals surface area contributed by atoms with Crippen molar-refractivity contribution in [1.29, 1.82) is 0 Å². The molecule has 304 valence electrons. The Balaban J connectivity index is 1.64. The molecule has 1 aromatic rings. The Morgan fingerprint density at radius 3 is 1.17 bits per heavy atom. The van der Waals surface area contributed by atoms with Crippen molar-refractivity contribution >= 4 is 11.9 Å². The van der Waals surface area contributed by atoms with E-state index in [1.165, 1.54) is 20.3 Å². The second kappa shape index (κ2) is 13.3. The maximum Gasteiger partial charge on any atom is 0.323 e. The highest BCUT2D eigenvalue weighted by atomic mass is 16.5. The Morgan fingerprint density at radius 2 is 0.811 bits per heavy atom. The Hall–Kier alpha value is -1.91. The minimum Gasteiger partial charge on any atom is -0.460 e. The number of nitrogens with zero attached hydrogens (tertiary/aromatic N) is 8. The van der Waals surface area contributed by atoms with E-state index in [-0.39, 0.29) is 30.2 Å². The van der Waals surface area contributed by atoms with Crippen LogP contribution in [0, 0.1) is 0 Å². The molecular formula is C39H73N9O5. The van der Waals surface area contributed by atoms with Crippen LogP contribution in [0.15, 0.2) is 0 Å². The molecule has 4 aliphatic heterocycles. The van der Waals surface area contributed by atoms with E-state index < -0.39 is 44.3 Å². The molecule has 0 radical (unpaired) electrons. The van der Waals surface area contributed by atoms with Gasteiger partial charge in [-0.2, -0.15) is 35.2 Å². The quantitative estimate of drug-likeness (QED) is 0.192. The summed E-state index contributed by atoms with van der Waals surface area (Å²) in [4.78, 5) is 17.6. The summed E-state index contributed by atoms with van der Waals surface area (Å²) in [5.74, 6) is 0.909. The first-order valence-electron chi connectivity index (χ1n) is 19.7. The van der Waals surface area contributed by atoms with Crippen LogP contribution < -0.4 is 15.0 Å². The van der Waals surface area contributed by atoms with Gasteiger partial charge in [-0.15, -0.1) is 0 Å². The lowest BCUT2D eigenvalue weighted by Crippen LogP contribution is -2.67. The SMILES string of the molecule is CC1(C)CC(Nc2nc(OC3CC(C)(C)N(O)C(C)(C)C3)nc(N(C3CC(C)(C)N(O)C(C)(C)C3)C3CC(C)(C)N(O)C(C)(C)C3)n2)CC(C)(C)N1O. The smallest absolute Gasteiger partial charge is 0.323 e. The molecule has 0 aromatic carbocycles. The summed E-state index contributed by atoms with van der Waals surface area (Å²) in [6.45, 7) is 32.8. The lowest BCUT2D eigenvalue weighted by Gasteiger charge is -2.58. The van der Waals surface area contributed by atoms with Crippen molar-refractivity contribution in [3.05, 3.63) is 0 Å². The third-order valence-corrected chi connectivity index (χ3v) is 12.7. The zero-order chi connectivity index (χ0) is 40.1. The molecule has 4 saturated heterocycles. The van der Waals surface area contributed by atoms with Gasteiger partial charge in [-0.1, -0.05) is 0 Å². The zero-order valence-electron chi connectivity index (χ0n) is 35.7. The van der Waals surface area contributed by atoms with Crippen LogP contribution in [0.4, 0.5) is 11.9 Å². The van der Waals surface area contributed by atoms with Crippen LogP contribution in [0.5, 0.6) is 6.01 Å². The van der Waals surface area contributed by atoms with Crippen molar-refractivity contribution in [2.24, 2.45) is 0 Å². The largest absolute Gasteiger partial charge is 0.460 e. The topological polar surface area (TPSA) is 157 Å². The average molecular weight is 748 g/mol. The minimum absolute atomic E-state index is 0.0403.